The van der Waals surface area contributed by atoms with Crippen LogP contribution in [0.2, 0.25) is 0 Å². The Morgan fingerprint density at radius 1 is 1.19 bits per heavy atom. The zero-order chi connectivity index (χ0) is 15.9. The number of sulfonamides is 1. The predicted octanol–water partition coefficient (Wildman–Crippen LogP) is 3.97. The van der Waals surface area contributed by atoms with Crippen LogP contribution in [0.1, 0.15) is 45.4 Å². The van der Waals surface area contributed by atoms with Crippen LogP contribution in [0.4, 0.5) is 4.39 Å². The van der Waals surface area contributed by atoms with Crippen LogP contribution in [-0.4, -0.2) is 15.0 Å². The van der Waals surface area contributed by atoms with Gasteiger partial charge in [-0.15, -0.1) is 0 Å². The fourth-order valence-corrected chi connectivity index (χ4v) is 3.13. The summed E-state index contributed by atoms with van der Waals surface area (Å²) in [6, 6.07) is 2.17. The summed E-state index contributed by atoms with van der Waals surface area (Å²) in [5.41, 5.74) is 0. The van der Waals surface area contributed by atoms with Crippen molar-refractivity contribution in [1.82, 2.24) is 0 Å². The molecule has 1 aromatic rings. The van der Waals surface area contributed by atoms with E-state index in [1.54, 1.807) is 0 Å². The minimum Gasteiger partial charge on any atom is -0.492 e. The van der Waals surface area contributed by atoms with Crippen molar-refractivity contribution in [2.75, 3.05) is 6.61 Å². The highest BCUT2D eigenvalue weighted by Gasteiger charge is 2.17. The van der Waals surface area contributed by atoms with Gasteiger partial charge in [0.15, 0.2) is 0 Å². The molecule has 0 saturated carbocycles. The van der Waals surface area contributed by atoms with Gasteiger partial charge in [0.05, 0.1) is 11.1 Å². The summed E-state index contributed by atoms with van der Waals surface area (Å²) < 4.78 is 41.9. The van der Waals surface area contributed by atoms with Crippen molar-refractivity contribution in [3.63, 3.8) is 0 Å². The first-order valence-corrected chi connectivity index (χ1v) is 9.35. The van der Waals surface area contributed by atoms with Gasteiger partial charge in [0, 0.05) is 6.07 Å². The third kappa shape index (κ3) is 6.32. The molecule has 0 aromatic heterocycles. The van der Waals surface area contributed by atoms with Crippen molar-refractivity contribution in [2.45, 2.75) is 50.3 Å². The summed E-state index contributed by atoms with van der Waals surface area (Å²) in [4.78, 5) is -0.540. The van der Waals surface area contributed by atoms with Crippen LogP contribution in [0.5, 0.6) is 5.75 Å². The first-order valence-electron chi connectivity index (χ1n) is 7.01. The zero-order valence-electron chi connectivity index (χ0n) is 12.1. The maximum Gasteiger partial charge on any atom is 0.241 e. The first-order chi connectivity index (χ1) is 9.86. The number of ether oxygens (including phenoxy) is 1. The average molecular weight is 382 g/mol. The van der Waals surface area contributed by atoms with Gasteiger partial charge in [-0.25, -0.2) is 17.9 Å². The van der Waals surface area contributed by atoms with E-state index in [1.165, 1.54) is 19.3 Å². The smallest absolute Gasteiger partial charge is 0.241 e. The third-order valence-corrected chi connectivity index (χ3v) is 4.59. The normalized spacial score (nSPS) is 11.6. The summed E-state index contributed by atoms with van der Waals surface area (Å²) >= 11 is 3.17. The summed E-state index contributed by atoms with van der Waals surface area (Å²) in [6.45, 7) is 2.64. The largest absolute Gasteiger partial charge is 0.492 e. The van der Waals surface area contributed by atoms with Crippen LogP contribution in [0.3, 0.4) is 0 Å². The van der Waals surface area contributed by atoms with Crippen LogP contribution in [0.25, 0.3) is 0 Å². The van der Waals surface area contributed by atoms with E-state index in [1.807, 2.05) is 0 Å². The predicted molar refractivity (Wildman–Crippen MR) is 84.3 cm³/mol. The molecule has 0 heterocycles. The molecule has 0 aliphatic carbocycles. The molecule has 0 amide bonds. The lowest BCUT2D eigenvalue weighted by Crippen LogP contribution is -2.14. The van der Waals surface area contributed by atoms with Crippen molar-refractivity contribution < 1.29 is 17.5 Å². The molecular weight excluding hydrogens is 361 g/mol. The standard InChI is InChI=1S/C14H21BrFNO3S/c1-2-3-4-5-6-7-8-20-13-10-12(16)14(9-11(13)15)21(17,18)19/h9-10H,2-8H2,1H3,(H2,17,18,19). The highest BCUT2D eigenvalue weighted by Crippen LogP contribution is 2.30. The number of nitrogens with two attached hydrogens (primary N) is 1. The molecule has 0 saturated heterocycles. The number of hydrogen-bond donors (Lipinski definition) is 1. The molecule has 0 bridgehead atoms. The molecule has 0 radical (unpaired) electrons. The Morgan fingerprint density at radius 2 is 1.81 bits per heavy atom. The number of rotatable bonds is 9. The van der Waals surface area contributed by atoms with Crippen molar-refractivity contribution >= 4 is 26.0 Å². The van der Waals surface area contributed by atoms with Crippen LogP contribution in [0.15, 0.2) is 21.5 Å². The Bertz CT molecular complexity index is 564. The highest BCUT2D eigenvalue weighted by molar-refractivity contribution is 9.10. The SMILES string of the molecule is CCCCCCCCOc1cc(F)c(S(N)(=O)=O)cc1Br. The summed E-state index contributed by atoms with van der Waals surface area (Å²) in [7, 11) is -4.07. The molecule has 21 heavy (non-hydrogen) atoms. The van der Waals surface area contributed by atoms with Gasteiger partial charge >= 0.3 is 0 Å². The van der Waals surface area contributed by atoms with Gasteiger partial charge < -0.3 is 4.74 Å². The minimum absolute atomic E-state index is 0.286. The lowest BCUT2D eigenvalue weighted by atomic mass is 10.1. The second-order valence-electron chi connectivity index (χ2n) is 4.87. The molecule has 120 valence electrons. The van der Waals surface area contributed by atoms with E-state index in [9.17, 15) is 12.8 Å². The first kappa shape index (κ1) is 18.4. The molecule has 0 unspecified atom stereocenters. The van der Waals surface area contributed by atoms with E-state index in [0.717, 1.165) is 31.4 Å². The van der Waals surface area contributed by atoms with E-state index in [2.05, 4.69) is 22.9 Å². The summed E-state index contributed by atoms with van der Waals surface area (Å²) in [6.07, 6.45) is 6.78. The van der Waals surface area contributed by atoms with Gasteiger partial charge in [-0.1, -0.05) is 39.0 Å². The van der Waals surface area contributed by atoms with Crippen LogP contribution >= 0.6 is 15.9 Å². The number of hydrogen-bond acceptors (Lipinski definition) is 3. The quantitative estimate of drug-likeness (QED) is 0.657. The second-order valence-corrected chi connectivity index (χ2v) is 7.26. The molecule has 0 aliphatic heterocycles. The van der Waals surface area contributed by atoms with E-state index in [4.69, 9.17) is 9.88 Å². The van der Waals surface area contributed by atoms with Crippen LogP contribution < -0.4 is 9.88 Å². The van der Waals surface area contributed by atoms with Gasteiger partial charge in [-0.2, -0.15) is 0 Å². The van der Waals surface area contributed by atoms with E-state index in [-0.39, 0.29) is 5.75 Å². The summed E-state index contributed by atoms with van der Waals surface area (Å²) in [5, 5.41) is 4.93. The topological polar surface area (TPSA) is 69.4 Å². The van der Waals surface area contributed by atoms with Crippen LogP contribution in [0, 0.1) is 5.82 Å². The second kappa shape index (κ2) is 8.70. The number of unbranched alkanes of at least 4 members (excludes halogenated alkanes) is 5. The minimum atomic E-state index is -4.07. The number of benzene rings is 1. The fourth-order valence-electron chi connectivity index (χ4n) is 1.90. The van der Waals surface area contributed by atoms with Gasteiger partial charge in [-0.3, -0.25) is 0 Å². The van der Waals surface area contributed by atoms with Crippen molar-refractivity contribution in [3.05, 3.63) is 22.4 Å². The van der Waals surface area contributed by atoms with Crippen molar-refractivity contribution in [1.29, 1.82) is 0 Å². The molecule has 1 aromatic carbocycles. The van der Waals surface area contributed by atoms with E-state index in [0.29, 0.717) is 11.1 Å². The zero-order valence-corrected chi connectivity index (χ0v) is 14.5. The number of primary sulfonamides is 1. The third-order valence-electron chi connectivity index (χ3n) is 3.05. The highest BCUT2D eigenvalue weighted by atomic mass is 79.9. The average Bonchev–Trinajstić information content (AvgIpc) is 2.39. The monoisotopic (exact) mass is 381 g/mol. The molecule has 0 aliphatic rings. The van der Waals surface area contributed by atoms with Crippen LogP contribution in [-0.2, 0) is 10.0 Å². The number of halogens is 2. The van der Waals surface area contributed by atoms with Gasteiger partial charge in [-0.05, 0) is 28.4 Å². The maximum atomic E-state index is 13.7. The van der Waals surface area contributed by atoms with E-state index >= 15 is 0 Å². The Labute approximate surface area is 134 Å². The van der Waals surface area contributed by atoms with E-state index < -0.39 is 20.7 Å². The molecular formula is C14H21BrFNO3S. The Hall–Kier alpha value is -0.660. The van der Waals surface area contributed by atoms with Gasteiger partial charge in [0.1, 0.15) is 16.5 Å². The molecule has 0 spiro atoms. The molecule has 2 N–H and O–H groups in total. The molecule has 0 fully saturated rings. The molecule has 0 atom stereocenters. The van der Waals surface area contributed by atoms with Crippen molar-refractivity contribution in [2.24, 2.45) is 5.14 Å². The maximum absolute atomic E-state index is 13.7. The Morgan fingerprint density at radius 3 is 2.43 bits per heavy atom. The lowest BCUT2D eigenvalue weighted by molar-refractivity contribution is 0.300. The molecule has 1 rings (SSSR count). The summed E-state index contributed by atoms with van der Waals surface area (Å²) in [5.74, 6) is -0.618. The fraction of sp³-hybridized carbons (Fsp3) is 0.571. The van der Waals surface area contributed by atoms with Gasteiger partial charge in [0.25, 0.3) is 0 Å². The molecule has 4 nitrogen and oxygen atoms in total. The Balaban J connectivity index is 2.52. The lowest BCUT2D eigenvalue weighted by Gasteiger charge is -2.10. The molecule has 7 heteroatoms. The van der Waals surface area contributed by atoms with Crippen molar-refractivity contribution in [3.8, 4) is 5.75 Å². The van der Waals surface area contributed by atoms with Gasteiger partial charge in [0.2, 0.25) is 10.0 Å². The Kier molecular flexibility index (Phi) is 7.62.